The molecule has 35 heavy (non-hydrogen) atoms. The summed E-state index contributed by atoms with van der Waals surface area (Å²) in [5.74, 6) is -2.81. The lowest BCUT2D eigenvalue weighted by molar-refractivity contribution is -0.180. The Kier molecular flexibility index (Phi) is 5.89. The Hall–Kier alpha value is -3.92. The van der Waals surface area contributed by atoms with Crippen molar-refractivity contribution in [2.75, 3.05) is 41.0 Å². The molecule has 0 aliphatic carbocycles. The van der Waals surface area contributed by atoms with E-state index in [1.165, 1.54) is 4.90 Å². The SMILES string of the molecule is Nc1ccccc1NC(=O)c1ccc(NC(=O)CN2C(=O)C3(OCCO3)c3cc(Cl)ccc32)cc1. The largest absolute Gasteiger partial charge is 0.397 e. The molecule has 0 unspecified atom stereocenters. The van der Waals surface area contributed by atoms with Crippen molar-refractivity contribution in [1.82, 2.24) is 0 Å². The number of halogens is 1. The highest BCUT2D eigenvalue weighted by Gasteiger charge is 2.56. The van der Waals surface area contributed by atoms with E-state index in [9.17, 15) is 14.4 Å². The lowest BCUT2D eigenvalue weighted by atomic mass is 10.1. The zero-order valence-corrected chi connectivity index (χ0v) is 19.2. The third kappa shape index (κ3) is 4.21. The van der Waals surface area contributed by atoms with Crippen LogP contribution in [-0.4, -0.2) is 37.5 Å². The number of hydrogen-bond acceptors (Lipinski definition) is 6. The Morgan fingerprint density at radius 3 is 2.43 bits per heavy atom. The van der Waals surface area contributed by atoms with Gasteiger partial charge in [-0.1, -0.05) is 23.7 Å². The minimum absolute atomic E-state index is 0.253. The van der Waals surface area contributed by atoms with Crippen LogP contribution in [0.25, 0.3) is 0 Å². The maximum atomic E-state index is 13.2. The molecule has 5 rings (SSSR count). The van der Waals surface area contributed by atoms with Gasteiger partial charge in [-0.05, 0) is 54.6 Å². The van der Waals surface area contributed by atoms with Crippen molar-refractivity contribution < 1.29 is 23.9 Å². The van der Waals surface area contributed by atoms with Crippen molar-refractivity contribution in [3.8, 4) is 0 Å². The number of ether oxygens (including phenoxy) is 2. The Balaban J connectivity index is 1.26. The highest BCUT2D eigenvalue weighted by atomic mass is 35.5. The van der Waals surface area contributed by atoms with Crippen LogP contribution < -0.4 is 21.3 Å². The van der Waals surface area contributed by atoms with Crippen LogP contribution in [0.3, 0.4) is 0 Å². The first kappa shape index (κ1) is 22.9. The molecule has 0 bridgehead atoms. The zero-order valence-electron chi connectivity index (χ0n) is 18.4. The molecule has 0 atom stereocenters. The highest BCUT2D eigenvalue weighted by Crippen LogP contribution is 2.46. The summed E-state index contributed by atoms with van der Waals surface area (Å²) in [6.07, 6.45) is 0. The predicted molar refractivity (Wildman–Crippen MR) is 131 cm³/mol. The van der Waals surface area contributed by atoms with Gasteiger partial charge in [-0.15, -0.1) is 0 Å². The van der Waals surface area contributed by atoms with Crippen molar-refractivity contribution in [3.05, 3.63) is 82.9 Å². The van der Waals surface area contributed by atoms with E-state index in [2.05, 4.69) is 10.6 Å². The molecule has 3 aromatic carbocycles. The molecule has 2 aliphatic heterocycles. The van der Waals surface area contributed by atoms with Crippen molar-refractivity contribution in [2.24, 2.45) is 0 Å². The summed E-state index contributed by atoms with van der Waals surface area (Å²) in [5.41, 5.74) is 8.68. The first-order valence-electron chi connectivity index (χ1n) is 10.8. The number of nitrogens with one attached hydrogen (secondary N) is 2. The number of anilines is 4. The number of rotatable bonds is 5. The normalized spacial score (nSPS) is 15.8. The molecule has 1 fully saturated rings. The number of benzene rings is 3. The van der Waals surface area contributed by atoms with Gasteiger partial charge in [0.2, 0.25) is 5.91 Å². The fraction of sp³-hybridized carbons (Fsp3) is 0.160. The minimum Gasteiger partial charge on any atom is -0.397 e. The third-order valence-electron chi connectivity index (χ3n) is 5.77. The molecule has 1 spiro atoms. The summed E-state index contributed by atoms with van der Waals surface area (Å²) in [7, 11) is 0. The summed E-state index contributed by atoms with van der Waals surface area (Å²) >= 11 is 6.13. The quantitative estimate of drug-likeness (QED) is 0.469. The number of fused-ring (bicyclic) bond motifs is 2. The van der Waals surface area contributed by atoms with Gasteiger partial charge in [0.1, 0.15) is 6.54 Å². The standard InChI is InChI=1S/C25H21ClN4O5/c26-16-7-10-21-18(13-16)25(34-11-12-35-25)24(33)30(21)14-22(31)28-17-8-5-15(6-9-17)23(32)29-20-4-2-1-3-19(20)27/h1-10,13H,11-12,14,27H2,(H,28,31)(H,29,32). The molecule has 3 aromatic rings. The predicted octanol–water partition coefficient (Wildman–Crippen LogP) is 3.36. The summed E-state index contributed by atoms with van der Waals surface area (Å²) < 4.78 is 11.3. The van der Waals surface area contributed by atoms with Crippen LogP contribution in [0.15, 0.2) is 66.7 Å². The van der Waals surface area contributed by atoms with E-state index in [0.717, 1.165) is 0 Å². The van der Waals surface area contributed by atoms with Crippen LogP contribution in [0.4, 0.5) is 22.7 Å². The Labute approximate surface area is 205 Å². The minimum atomic E-state index is -1.57. The van der Waals surface area contributed by atoms with Gasteiger partial charge < -0.3 is 25.8 Å². The fourth-order valence-corrected chi connectivity index (χ4v) is 4.28. The number of para-hydroxylation sites is 2. The van der Waals surface area contributed by atoms with Crippen LogP contribution in [0.1, 0.15) is 15.9 Å². The summed E-state index contributed by atoms with van der Waals surface area (Å²) in [6.45, 7) is 0.264. The second-order valence-corrected chi connectivity index (χ2v) is 8.47. The molecule has 3 amide bonds. The molecule has 2 heterocycles. The summed E-state index contributed by atoms with van der Waals surface area (Å²) in [6, 6.07) is 18.2. The van der Waals surface area contributed by atoms with Gasteiger partial charge in [0.25, 0.3) is 17.6 Å². The number of amides is 3. The summed E-state index contributed by atoms with van der Waals surface area (Å²) in [4.78, 5) is 39.8. The zero-order chi connectivity index (χ0) is 24.6. The van der Waals surface area contributed by atoms with Crippen LogP contribution in [0, 0.1) is 0 Å². The lowest BCUT2D eigenvalue weighted by Gasteiger charge is -2.21. The maximum absolute atomic E-state index is 13.2. The van der Waals surface area contributed by atoms with Crippen molar-refractivity contribution >= 4 is 52.1 Å². The van der Waals surface area contributed by atoms with E-state index in [1.54, 1.807) is 66.7 Å². The van der Waals surface area contributed by atoms with Crippen molar-refractivity contribution in [3.63, 3.8) is 0 Å². The number of hydrogen-bond donors (Lipinski definition) is 3. The number of carbonyl (C=O) groups excluding carboxylic acids is 3. The number of nitrogens with two attached hydrogens (primary N) is 1. The highest BCUT2D eigenvalue weighted by molar-refractivity contribution is 6.31. The summed E-state index contributed by atoms with van der Waals surface area (Å²) in [5, 5.41) is 5.92. The first-order valence-corrected chi connectivity index (χ1v) is 11.2. The van der Waals surface area contributed by atoms with Gasteiger partial charge in [0, 0.05) is 21.8 Å². The topological polar surface area (TPSA) is 123 Å². The molecule has 0 radical (unpaired) electrons. The third-order valence-corrected chi connectivity index (χ3v) is 6.00. The number of carbonyl (C=O) groups is 3. The van der Waals surface area contributed by atoms with E-state index < -0.39 is 17.6 Å². The van der Waals surface area contributed by atoms with Crippen molar-refractivity contribution in [2.45, 2.75) is 5.79 Å². The molecule has 4 N–H and O–H groups in total. The second kappa shape index (κ2) is 9.03. The Morgan fingerprint density at radius 2 is 1.71 bits per heavy atom. The number of nitrogen functional groups attached to an aromatic ring is 1. The van der Waals surface area contributed by atoms with Crippen LogP contribution in [-0.2, 0) is 24.8 Å². The van der Waals surface area contributed by atoms with Crippen LogP contribution in [0.2, 0.25) is 5.02 Å². The van der Waals surface area contributed by atoms with E-state index in [1.807, 2.05) is 0 Å². The molecular formula is C25H21ClN4O5. The van der Waals surface area contributed by atoms with Crippen LogP contribution in [0.5, 0.6) is 0 Å². The van der Waals surface area contributed by atoms with E-state index in [-0.39, 0.29) is 25.7 Å². The molecule has 178 valence electrons. The lowest BCUT2D eigenvalue weighted by Crippen LogP contribution is -2.44. The number of nitrogens with zero attached hydrogens (tertiary/aromatic N) is 1. The molecule has 1 saturated heterocycles. The fourth-order valence-electron chi connectivity index (χ4n) is 4.11. The molecule has 9 nitrogen and oxygen atoms in total. The molecule has 0 saturated carbocycles. The molecule has 10 heteroatoms. The van der Waals surface area contributed by atoms with Gasteiger partial charge in [0.15, 0.2) is 0 Å². The van der Waals surface area contributed by atoms with Gasteiger partial charge >= 0.3 is 0 Å². The monoisotopic (exact) mass is 492 g/mol. The maximum Gasteiger partial charge on any atom is 0.293 e. The van der Waals surface area contributed by atoms with Gasteiger partial charge in [-0.25, -0.2) is 0 Å². The second-order valence-electron chi connectivity index (χ2n) is 8.03. The van der Waals surface area contributed by atoms with E-state index >= 15 is 0 Å². The van der Waals surface area contributed by atoms with Gasteiger partial charge in [-0.3, -0.25) is 19.3 Å². The smallest absolute Gasteiger partial charge is 0.293 e. The van der Waals surface area contributed by atoms with Gasteiger partial charge in [-0.2, -0.15) is 0 Å². The Morgan fingerprint density at radius 1 is 1.00 bits per heavy atom. The van der Waals surface area contributed by atoms with E-state index in [0.29, 0.717) is 38.9 Å². The van der Waals surface area contributed by atoms with Crippen molar-refractivity contribution in [1.29, 1.82) is 0 Å². The van der Waals surface area contributed by atoms with Crippen LogP contribution >= 0.6 is 11.6 Å². The molecule has 2 aliphatic rings. The van der Waals surface area contributed by atoms with Gasteiger partial charge in [0.05, 0.1) is 30.3 Å². The Bertz CT molecular complexity index is 1320. The van der Waals surface area contributed by atoms with E-state index in [4.69, 9.17) is 26.8 Å². The molecular weight excluding hydrogens is 472 g/mol. The molecule has 0 aromatic heterocycles. The average Bonchev–Trinajstić information content (AvgIpc) is 3.42. The average molecular weight is 493 g/mol. The first-order chi connectivity index (χ1) is 16.9.